The van der Waals surface area contributed by atoms with E-state index in [-0.39, 0.29) is 5.82 Å². The molecule has 0 fully saturated rings. The van der Waals surface area contributed by atoms with Crippen molar-refractivity contribution in [2.24, 2.45) is 0 Å². The summed E-state index contributed by atoms with van der Waals surface area (Å²) < 4.78 is 19.7. The third-order valence-electron chi connectivity index (χ3n) is 2.85. The molecule has 21 heavy (non-hydrogen) atoms. The number of benzene rings is 2. The third-order valence-corrected chi connectivity index (χ3v) is 4.19. The average molecular weight is 413 g/mol. The lowest BCUT2D eigenvalue weighted by Gasteiger charge is -1.99. The third kappa shape index (κ3) is 2.84. The Bertz CT molecular complexity index is 820. The maximum Gasteiger partial charge on any atom is 0.258 e. The number of nitrogens with zero attached hydrogens (tertiary/aromatic N) is 2. The monoisotopic (exact) mass is 411 g/mol. The first-order valence-electron chi connectivity index (χ1n) is 5.89. The Morgan fingerprint density at radius 3 is 2.57 bits per heavy atom. The van der Waals surface area contributed by atoms with E-state index < -0.39 is 0 Å². The summed E-state index contributed by atoms with van der Waals surface area (Å²) in [5.41, 5.74) is 7.76. The summed E-state index contributed by atoms with van der Waals surface area (Å²) in [5.74, 6) is 0.406. The molecular formula is C14H8Br2FN3O. The van der Waals surface area contributed by atoms with Crippen molar-refractivity contribution in [1.82, 2.24) is 10.1 Å². The molecule has 1 heterocycles. The number of halogens is 3. The van der Waals surface area contributed by atoms with E-state index in [1.54, 1.807) is 24.3 Å². The minimum atomic E-state index is -0.336. The van der Waals surface area contributed by atoms with Crippen molar-refractivity contribution in [3.8, 4) is 22.8 Å². The molecule has 0 saturated carbocycles. The van der Waals surface area contributed by atoms with E-state index in [0.29, 0.717) is 27.4 Å². The Kier molecular flexibility index (Phi) is 3.77. The van der Waals surface area contributed by atoms with Crippen LogP contribution in [0.5, 0.6) is 0 Å². The van der Waals surface area contributed by atoms with Crippen LogP contribution >= 0.6 is 31.9 Å². The zero-order chi connectivity index (χ0) is 15.0. The Balaban J connectivity index is 2.01. The molecule has 4 nitrogen and oxygen atoms in total. The highest BCUT2D eigenvalue weighted by Gasteiger charge is 2.14. The fourth-order valence-electron chi connectivity index (χ4n) is 1.78. The van der Waals surface area contributed by atoms with Gasteiger partial charge in [0.25, 0.3) is 5.89 Å². The second-order valence-electron chi connectivity index (χ2n) is 4.28. The Morgan fingerprint density at radius 1 is 1.05 bits per heavy atom. The molecule has 0 radical (unpaired) electrons. The Hall–Kier alpha value is -1.73. The zero-order valence-electron chi connectivity index (χ0n) is 10.5. The van der Waals surface area contributed by atoms with Gasteiger partial charge >= 0.3 is 0 Å². The molecule has 0 aliphatic rings. The number of hydrogen-bond acceptors (Lipinski definition) is 4. The second-order valence-corrected chi connectivity index (χ2v) is 5.99. The molecular weight excluding hydrogens is 405 g/mol. The van der Waals surface area contributed by atoms with E-state index in [0.717, 1.165) is 10.0 Å². The van der Waals surface area contributed by atoms with Crippen LogP contribution in [0.2, 0.25) is 0 Å². The highest BCUT2D eigenvalue weighted by molar-refractivity contribution is 9.11. The van der Waals surface area contributed by atoms with Gasteiger partial charge in [-0.1, -0.05) is 5.16 Å². The Morgan fingerprint density at radius 2 is 1.86 bits per heavy atom. The fraction of sp³-hybridized carbons (Fsp3) is 0. The van der Waals surface area contributed by atoms with E-state index in [4.69, 9.17) is 10.3 Å². The summed E-state index contributed by atoms with van der Waals surface area (Å²) in [6, 6.07) is 9.62. The summed E-state index contributed by atoms with van der Waals surface area (Å²) in [7, 11) is 0. The van der Waals surface area contributed by atoms with Gasteiger partial charge in [-0.2, -0.15) is 4.98 Å². The lowest BCUT2D eigenvalue weighted by molar-refractivity contribution is 0.432. The van der Waals surface area contributed by atoms with Gasteiger partial charge in [-0.3, -0.25) is 0 Å². The number of anilines is 1. The fourth-order valence-corrected chi connectivity index (χ4v) is 2.69. The minimum Gasteiger partial charge on any atom is -0.398 e. The van der Waals surface area contributed by atoms with Crippen LogP contribution in [0.15, 0.2) is 49.9 Å². The summed E-state index contributed by atoms with van der Waals surface area (Å²) in [6.07, 6.45) is 0. The minimum absolute atomic E-state index is 0.336. The van der Waals surface area contributed by atoms with Gasteiger partial charge in [-0.05, 0) is 68.3 Å². The molecule has 0 spiro atoms. The number of nitrogen functional groups attached to an aromatic ring is 1. The van der Waals surface area contributed by atoms with Crippen molar-refractivity contribution in [2.45, 2.75) is 0 Å². The van der Waals surface area contributed by atoms with Crippen LogP contribution < -0.4 is 5.73 Å². The number of rotatable bonds is 2. The first kappa shape index (κ1) is 14.2. The van der Waals surface area contributed by atoms with Crippen LogP contribution in [-0.4, -0.2) is 10.1 Å². The second kappa shape index (κ2) is 5.57. The smallest absolute Gasteiger partial charge is 0.258 e. The predicted octanol–water partition coefficient (Wildman–Crippen LogP) is 4.65. The first-order valence-corrected chi connectivity index (χ1v) is 7.48. The number of hydrogen-bond donors (Lipinski definition) is 1. The van der Waals surface area contributed by atoms with Crippen LogP contribution in [0.3, 0.4) is 0 Å². The highest BCUT2D eigenvalue weighted by atomic mass is 79.9. The van der Waals surface area contributed by atoms with E-state index >= 15 is 0 Å². The largest absolute Gasteiger partial charge is 0.398 e. The quantitative estimate of drug-likeness (QED) is 0.622. The van der Waals surface area contributed by atoms with E-state index in [1.807, 2.05) is 0 Å². The normalized spacial score (nSPS) is 10.8. The molecule has 0 aliphatic carbocycles. The molecule has 0 atom stereocenters. The van der Waals surface area contributed by atoms with Crippen LogP contribution in [0.4, 0.5) is 10.1 Å². The summed E-state index contributed by atoms with van der Waals surface area (Å²) in [4.78, 5) is 4.32. The van der Waals surface area contributed by atoms with Gasteiger partial charge in [0.2, 0.25) is 5.82 Å². The van der Waals surface area contributed by atoms with Crippen molar-refractivity contribution in [2.75, 3.05) is 5.73 Å². The SMILES string of the molecule is Nc1ccc(-c2nc(-c3ccc(F)cc3Br)no2)cc1Br. The highest BCUT2D eigenvalue weighted by Crippen LogP contribution is 2.30. The molecule has 7 heteroatoms. The molecule has 0 amide bonds. The van der Waals surface area contributed by atoms with E-state index in [9.17, 15) is 4.39 Å². The van der Waals surface area contributed by atoms with Crippen molar-refractivity contribution in [3.05, 3.63) is 51.2 Å². The van der Waals surface area contributed by atoms with Gasteiger partial charge in [0.05, 0.1) is 0 Å². The maximum atomic E-state index is 13.1. The lowest BCUT2D eigenvalue weighted by atomic mass is 10.2. The van der Waals surface area contributed by atoms with Crippen LogP contribution in [-0.2, 0) is 0 Å². The molecule has 1 aromatic heterocycles. The summed E-state index contributed by atoms with van der Waals surface area (Å²) in [5, 5.41) is 3.92. The molecule has 106 valence electrons. The Labute approximate surface area is 136 Å². The molecule has 0 saturated heterocycles. The van der Waals surface area contributed by atoms with Crippen molar-refractivity contribution in [3.63, 3.8) is 0 Å². The molecule has 2 N–H and O–H groups in total. The zero-order valence-corrected chi connectivity index (χ0v) is 13.7. The van der Waals surface area contributed by atoms with Crippen LogP contribution in [0, 0.1) is 5.82 Å². The van der Waals surface area contributed by atoms with Crippen LogP contribution in [0.25, 0.3) is 22.8 Å². The number of aromatic nitrogens is 2. The van der Waals surface area contributed by atoms with E-state index in [2.05, 4.69) is 42.0 Å². The molecule has 0 aliphatic heterocycles. The molecule has 0 bridgehead atoms. The van der Waals surface area contributed by atoms with Crippen molar-refractivity contribution in [1.29, 1.82) is 0 Å². The standard InChI is InChI=1S/C14H8Br2FN3O/c15-10-6-8(17)2-3-9(10)13-19-14(21-20-13)7-1-4-12(18)11(16)5-7/h1-6H,18H2. The van der Waals surface area contributed by atoms with Crippen molar-refractivity contribution >= 4 is 37.5 Å². The average Bonchev–Trinajstić information content (AvgIpc) is 2.91. The molecule has 0 unspecified atom stereocenters. The van der Waals surface area contributed by atoms with Crippen LogP contribution in [0.1, 0.15) is 0 Å². The molecule has 2 aromatic carbocycles. The summed E-state index contributed by atoms with van der Waals surface area (Å²) in [6.45, 7) is 0. The molecule has 3 aromatic rings. The lowest BCUT2D eigenvalue weighted by Crippen LogP contribution is -1.87. The van der Waals surface area contributed by atoms with Gasteiger partial charge in [0.1, 0.15) is 5.82 Å². The van der Waals surface area contributed by atoms with Gasteiger partial charge in [-0.15, -0.1) is 0 Å². The van der Waals surface area contributed by atoms with Gasteiger partial charge in [-0.25, -0.2) is 4.39 Å². The van der Waals surface area contributed by atoms with E-state index in [1.165, 1.54) is 12.1 Å². The van der Waals surface area contributed by atoms with Crippen molar-refractivity contribution < 1.29 is 8.91 Å². The summed E-state index contributed by atoms with van der Waals surface area (Å²) >= 11 is 6.64. The van der Waals surface area contributed by atoms with Gasteiger partial charge in [0.15, 0.2) is 0 Å². The van der Waals surface area contributed by atoms with Gasteiger partial charge < -0.3 is 10.3 Å². The topological polar surface area (TPSA) is 64.9 Å². The molecule has 3 rings (SSSR count). The first-order chi connectivity index (χ1) is 10.0. The maximum absolute atomic E-state index is 13.1. The van der Waals surface area contributed by atoms with Gasteiger partial charge in [0, 0.05) is 25.8 Å². The predicted molar refractivity (Wildman–Crippen MR) is 84.9 cm³/mol. The number of nitrogens with two attached hydrogens (primary N) is 1.